The van der Waals surface area contributed by atoms with Crippen LogP contribution in [0.1, 0.15) is 6.92 Å². The maximum Gasteiger partial charge on any atom is 0.241 e. The van der Waals surface area contributed by atoms with Gasteiger partial charge in [0.2, 0.25) is 5.91 Å². The highest BCUT2D eigenvalue weighted by Gasteiger charge is 2.13. The smallest absolute Gasteiger partial charge is 0.241 e. The van der Waals surface area contributed by atoms with E-state index in [-0.39, 0.29) is 5.91 Å². The Bertz CT molecular complexity index is 614. The molecule has 0 aliphatic heterocycles. The summed E-state index contributed by atoms with van der Waals surface area (Å²) in [6, 6.07) is 19.3. The van der Waals surface area contributed by atoms with Crippen molar-refractivity contribution in [3.63, 3.8) is 0 Å². The molecule has 2 aromatic carbocycles. The Hall–Kier alpha value is -2.60. The average molecular weight is 250 g/mol. The number of nitrogens with one attached hydrogen (secondary N) is 1. The molecular weight excluding hydrogens is 236 g/mol. The van der Waals surface area contributed by atoms with Crippen molar-refractivity contribution in [3.05, 3.63) is 54.6 Å². The molecule has 1 unspecified atom stereocenters. The van der Waals surface area contributed by atoms with Gasteiger partial charge in [0.25, 0.3) is 0 Å². The van der Waals surface area contributed by atoms with E-state index in [1.54, 1.807) is 6.92 Å². The maximum absolute atomic E-state index is 11.8. The van der Waals surface area contributed by atoms with E-state index in [9.17, 15) is 4.79 Å². The molecule has 1 N–H and O–H groups in total. The molecule has 0 radical (unpaired) electrons. The number of benzene rings is 2. The molecule has 1 atom stereocenters. The van der Waals surface area contributed by atoms with E-state index in [0.29, 0.717) is 0 Å². The highest BCUT2D eigenvalue weighted by atomic mass is 16.1. The first-order chi connectivity index (χ1) is 9.22. The first-order valence-corrected chi connectivity index (χ1v) is 6.07. The lowest BCUT2D eigenvalue weighted by Gasteiger charge is -2.11. The lowest BCUT2D eigenvalue weighted by molar-refractivity contribution is -0.117. The normalized spacial score (nSPS) is 11.4. The molecule has 0 aliphatic carbocycles. The number of carbonyl (C=O) groups is 1. The molecule has 2 rings (SSSR count). The van der Waals surface area contributed by atoms with Crippen LogP contribution in [0.4, 0.5) is 5.69 Å². The number of carbonyl (C=O) groups excluding carboxylic acids is 1. The van der Waals surface area contributed by atoms with Gasteiger partial charge in [-0.05, 0) is 18.6 Å². The van der Waals surface area contributed by atoms with Crippen LogP contribution in [0.15, 0.2) is 54.6 Å². The topological polar surface area (TPSA) is 52.9 Å². The lowest BCUT2D eigenvalue weighted by atomic mass is 10.0. The van der Waals surface area contributed by atoms with Gasteiger partial charge in [0.05, 0.1) is 6.07 Å². The molecule has 2 aromatic rings. The maximum atomic E-state index is 11.8. The molecule has 0 aromatic heterocycles. The minimum atomic E-state index is -0.663. The third kappa shape index (κ3) is 2.99. The first kappa shape index (κ1) is 12.8. The third-order valence-corrected chi connectivity index (χ3v) is 2.86. The summed E-state index contributed by atoms with van der Waals surface area (Å²) >= 11 is 0. The fourth-order valence-corrected chi connectivity index (χ4v) is 1.76. The largest absolute Gasteiger partial charge is 0.324 e. The Morgan fingerprint density at radius 2 is 1.74 bits per heavy atom. The molecule has 3 heteroatoms. The van der Waals surface area contributed by atoms with Crippen LogP contribution >= 0.6 is 0 Å². The fourth-order valence-electron chi connectivity index (χ4n) is 1.76. The molecular formula is C16H14N2O. The zero-order valence-electron chi connectivity index (χ0n) is 10.6. The van der Waals surface area contributed by atoms with Crippen molar-refractivity contribution < 1.29 is 4.79 Å². The van der Waals surface area contributed by atoms with Crippen molar-refractivity contribution in [2.75, 3.05) is 5.32 Å². The van der Waals surface area contributed by atoms with Crippen molar-refractivity contribution in [1.29, 1.82) is 5.26 Å². The fraction of sp³-hybridized carbons (Fsp3) is 0.125. The summed E-state index contributed by atoms with van der Waals surface area (Å²) in [6.07, 6.45) is 0. The lowest BCUT2D eigenvalue weighted by Crippen LogP contribution is -2.19. The van der Waals surface area contributed by atoms with Crippen molar-refractivity contribution in [3.8, 4) is 17.2 Å². The number of nitriles is 1. The van der Waals surface area contributed by atoms with E-state index in [1.165, 1.54) is 0 Å². The highest BCUT2D eigenvalue weighted by Crippen LogP contribution is 2.27. The Labute approximate surface area is 112 Å². The third-order valence-electron chi connectivity index (χ3n) is 2.86. The van der Waals surface area contributed by atoms with Crippen LogP contribution in [-0.2, 0) is 4.79 Å². The number of rotatable bonds is 3. The summed E-state index contributed by atoms with van der Waals surface area (Å²) < 4.78 is 0. The van der Waals surface area contributed by atoms with E-state index in [4.69, 9.17) is 5.26 Å². The Kier molecular flexibility index (Phi) is 3.94. The molecule has 0 fully saturated rings. The van der Waals surface area contributed by atoms with E-state index in [2.05, 4.69) is 5.32 Å². The molecule has 19 heavy (non-hydrogen) atoms. The van der Waals surface area contributed by atoms with Crippen molar-refractivity contribution in [2.24, 2.45) is 5.92 Å². The number of amides is 1. The minimum absolute atomic E-state index is 0.286. The summed E-state index contributed by atoms with van der Waals surface area (Å²) in [7, 11) is 0. The molecule has 0 aliphatic rings. The molecule has 0 saturated carbocycles. The molecule has 0 heterocycles. The predicted molar refractivity (Wildman–Crippen MR) is 75.3 cm³/mol. The standard InChI is InChI=1S/C16H14N2O/c1-12(11-17)16(19)18-15-10-6-5-9-14(15)13-7-3-2-4-8-13/h2-10,12H,1H3,(H,18,19). The molecule has 3 nitrogen and oxygen atoms in total. The van der Waals surface area contributed by atoms with Gasteiger partial charge in [0.15, 0.2) is 0 Å². The van der Waals surface area contributed by atoms with E-state index >= 15 is 0 Å². The quantitative estimate of drug-likeness (QED) is 0.907. The molecule has 0 spiro atoms. The average Bonchev–Trinajstić information content (AvgIpc) is 2.47. The number of hydrogen-bond donors (Lipinski definition) is 1. The minimum Gasteiger partial charge on any atom is -0.324 e. The Morgan fingerprint density at radius 3 is 2.42 bits per heavy atom. The van der Waals surface area contributed by atoms with Crippen LogP contribution in [0.5, 0.6) is 0 Å². The second-order valence-corrected chi connectivity index (χ2v) is 4.25. The van der Waals surface area contributed by atoms with Gasteiger partial charge < -0.3 is 5.32 Å². The predicted octanol–water partition coefficient (Wildman–Crippen LogP) is 3.45. The van der Waals surface area contributed by atoms with Gasteiger partial charge in [0, 0.05) is 11.3 Å². The zero-order valence-corrected chi connectivity index (χ0v) is 10.6. The van der Waals surface area contributed by atoms with Crippen LogP contribution in [0.3, 0.4) is 0 Å². The number of hydrogen-bond acceptors (Lipinski definition) is 2. The van der Waals surface area contributed by atoms with Gasteiger partial charge in [-0.1, -0.05) is 48.5 Å². The second kappa shape index (κ2) is 5.83. The SMILES string of the molecule is CC(C#N)C(=O)Nc1ccccc1-c1ccccc1. The summed E-state index contributed by atoms with van der Waals surface area (Å²) in [5.74, 6) is -0.949. The van der Waals surface area contributed by atoms with Gasteiger partial charge in [-0.25, -0.2) is 0 Å². The Balaban J connectivity index is 2.33. The highest BCUT2D eigenvalue weighted by molar-refractivity contribution is 5.97. The van der Waals surface area contributed by atoms with Crippen LogP contribution in [0.2, 0.25) is 0 Å². The molecule has 1 amide bonds. The van der Waals surface area contributed by atoms with Crippen molar-refractivity contribution in [2.45, 2.75) is 6.92 Å². The summed E-state index contributed by atoms with van der Waals surface area (Å²) in [5.41, 5.74) is 2.70. The molecule has 0 saturated heterocycles. The summed E-state index contributed by atoms with van der Waals surface area (Å²) in [4.78, 5) is 11.8. The number of para-hydroxylation sites is 1. The van der Waals surface area contributed by atoms with Crippen LogP contribution in [-0.4, -0.2) is 5.91 Å². The molecule has 94 valence electrons. The van der Waals surface area contributed by atoms with Gasteiger partial charge in [-0.3, -0.25) is 4.79 Å². The second-order valence-electron chi connectivity index (χ2n) is 4.25. The van der Waals surface area contributed by atoms with Crippen LogP contribution < -0.4 is 5.32 Å². The van der Waals surface area contributed by atoms with E-state index in [1.807, 2.05) is 60.7 Å². The van der Waals surface area contributed by atoms with E-state index < -0.39 is 5.92 Å². The van der Waals surface area contributed by atoms with Gasteiger partial charge in [-0.2, -0.15) is 5.26 Å². The van der Waals surface area contributed by atoms with Crippen LogP contribution in [0, 0.1) is 17.2 Å². The monoisotopic (exact) mass is 250 g/mol. The van der Waals surface area contributed by atoms with Gasteiger partial charge in [-0.15, -0.1) is 0 Å². The van der Waals surface area contributed by atoms with Crippen molar-refractivity contribution in [1.82, 2.24) is 0 Å². The Morgan fingerprint density at radius 1 is 1.11 bits per heavy atom. The number of nitrogens with zero attached hydrogens (tertiary/aromatic N) is 1. The van der Waals surface area contributed by atoms with Gasteiger partial charge >= 0.3 is 0 Å². The van der Waals surface area contributed by atoms with E-state index in [0.717, 1.165) is 16.8 Å². The summed E-state index contributed by atoms with van der Waals surface area (Å²) in [5, 5.41) is 11.6. The van der Waals surface area contributed by atoms with Gasteiger partial charge in [0.1, 0.15) is 5.92 Å². The molecule has 0 bridgehead atoms. The van der Waals surface area contributed by atoms with Crippen molar-refractivity contribution >= 4 is 11.6 Å². The number of anilines is 1. The first-order valence-electron chi connectivity index (χ1n) is 6.07. The zero-order chi connectivity index (χ0) is 13.7. The van der Waals surface area contributed by atoms with Crippen LogP contribution in [0.25, 0.3) is 11.1 Å². The summed E-state index contributed by atoms with van der Waals surface area (Å²) in [6.45, 7) is 1.58.